The Morgan fingerprint density at radius 2 is 2.29 bits per heavy atom. The van der Waals surface area contributed by atoms with Gasteiger partial charge in [-0.1, -0.05) is 11.6 Å². The van der Waals surface area contributed by atoms with Gasteiger partial charge < -0.3 is 10.1 Å². The number of aromatic amines is 1. The van der Waals surface area contributed by atoms with Gasteiger partial charge in [-0.15, -0.1) is 0 Å². The SMILES string of the molecule is Cn1cc(Cl)c(C(=O)NC[C@H]2CC[C@@H](c3nc(C4CC4)n[nH]3)O2)n1. The van der Waals surface area contributed by atoms with Crippen molar-refractivity contribution < 1.29 is 9.53 Å². The fraction of sp³-hybridized carbons (Fsp3) is 0.600. The third-order valence-electron chi connectivity index (χ3n) is 4.36. The minimum absolute atomic E-state index is 0.0455. The second kappa shape index (κ2) is 6.18. The lowest BCUT2D eigenvalue weighted by molar-refractivity contribution is 0.0391. The molecular formula is C15H19ClN6O2. The number of hydrogen-bond acceptors (Lipinski definition) is 5. The van der Waals surface area contributed by atoms with Crippen LogP contribution in [0.2, 0.25) is 5.02 Å². The van der Waals surface area contributed by atoms with Crippen LogP contribution in [0.4, 0.5) is 0 Å². The van der Waals surface area contributed by atoms with Crippen molar-refractivity contribution in [2.75, 3.05) is 6.54 Å². The fourth-order valence-corrected chi connectivity index (χ4v) is 3.18. The summed E-state index contributed by atoms with van der Waals surface area (Å²) in [5.41, 5.74) is 0.234. The smallest absolute Gasteiger partial charge is 0.273 e. The monoisotopic (exact) mass is 350 g/mol. The molecule has 1 aliphatic heterocycles. The lowest BCUT2D eigenvalue weighted by atomic mass is 10.2. The van der Waals surface area contributed by atoms with Gasteiger partial charge in [-0.25, -0.2) is 4.98 Å². The van der Waals surface area contributed by atoms with E-state index in [0.29, 0.717) is 17.5 Å². The molecule has 0 spiro atoms. The van der Waals surface area contributed by atoms with Crippen molar-refractivity contribution in [2.24, 2.45) is 7.05 Å². The Balaban J connectivity index is 1.30. The number of halogens is 1. The van der Waals surface area contributed by atoms with Crippen LogP contribution in [0.1, 0.15) is 59.8 Å². The first-order chi connectivity index (χ1) is 11.6. The van der Waals surface area contributed by atoms with Crippen molar-refractivity contribution in [3.8, 4) is 0 Å². The molecule has 2 N–H and O–H groups in total. The Hall–Kier alpha value is -1.93. The third kappa shape index (κ3) is 3.16. The Labute approximate surface area is 143 Å². The molecule has 3 heterocycles. The van der Waals surface area contributed by atoms with Crippen LogP contribution in [-0.4, -0.2) is 43.5 Å². The quantitative estimate of drug-likeness (QED) is 0.855. The van der Waals surface area contributed by atoms with E-state index >= 15 is 0 Å². The third-order valence-corrected chi connectivity index (χ3v) is 4.64. The van der Waals surface area contributed by atoms with Gasteiger partial charge in [0.15, 0.2) is 17.3 Å². The zero-order valence-electron chi connectivity index (χ0n) is 13.3. The summed E-state index contributed by atoms with van der Waals surface area (Å²) in [5.74, 6) is 1.92. The lowest BCUT2D eigenvalue weighted by Crippen LogP contribution is -2.32. The first-order valence-corrected chi connectivity index (χ1v) is 8.53. The molecule has 2 aliphatic rings. The first-order valence-electron chi connectivity index (χ1n) is 8.15. The summed E-state index contributed by atoms with van der Waals surface area (Å²) in [6.07, 6.45) is 5.55. The number of aromatic nitrogens is 5. The molecule has 2 aromatic heterocycles. The van der Waals surface area contributed by atoms with Crippen LogP contribution in [0.15, 0.2) is 6.20 Å². The van der Waals surface area contributed by atoms with Gasteiger partial charge in [-0.2, -0.15) is 10.2 Å². The van der Waals surface area contributed by atoms with Crippen LogP contribution in [0.5, 0.6) is 0 Å². The maximum atomic E-state index is 12.1. The summed E-state index contributed by atoms with van der Waals surface area (Å²) in [5, 5.41) is 14.5. The molecule has 0 unspecified atom stereocenters. The van der Waals surface area contributed by atoms with E-state index in [1.807, 2.05) is 0 Å². The number of rotatable bonds is 5. The molecule has 0 aromatic carbocycles. The topological polar surface area (TPSA) is 97.7 Å². The van der Waals surface area contributed by atoms with Gasteiger partial charge in [0.1, 0.15) is 6.10 Å². The number of hydrogen-bond donors (Lipinski definition) is 2. The summed E-state index contributed by atoms with van der Waals surface area (Å²) < 4.78 is 7.49. The van der Waals surface area contributed by atoms with Crippen LogP contribution in [-0.2, 0) is 11.8 Å². The maximum absolute atomic E-state index is 12.1. The summed E-state index contributed by atoms with van der Waals surface area (Å²) >= 11 is 5.98. The molecule has 2 fully saturated rings. The molecule has 1 saturated heterocycles. The molecule has 0 radical (unpaired) electrons. The fourth-order valence-electron chi connectivity index (χ4n) is 2.92. The minimum atomic E-state index is -0.289. The van der Waals surface area contributed by atoms with Crippen molar-refractivity contribution in [2.45, 2.75) is 43.8 Å². The van der Waals surface area contributed by atoms with Crippen molar-refractivity contribution in [3.63, 3.8) is 0 Å². The number of nitrogens with zero attached hydrogens (tertiary/aromatic N) is 4. The molecule has 2 aromatic rings. The molecule has 2 atom stereocenters. The number of aryl methyl sites for hydroxylation is 1. The molecule has 128 valence electrons. The Morgan fingerprint density at radius 3 is 3.00 bits per heavy atom. The number of carbonyl (C=O) groups is 1. The van der Waals surface area contributed by atoms with Gasteiger partial charge in [-0.3, -0.25) is 14.6 Å². The van der Waals surface area contributed by atoms with E-state index in [4.69, 9.17) is 16.3 Å². The average molecular weight is 351 g/mol. The van der Waals surface area contributed by atoms with Crippen LogP contribution < -0.4 is 5.32 Å². The van der Waals surface area contributed by atoms with Crippen molar-refractivity contribution in [3.05, 3.63) is 28.6 Å². The zero-order chi connectivity index (χ0) is 16.7. The molecule has 4 rings (SSSR count). The Bertz CT molecular complexity index is 753. The van der Waals surface area contributed by atoms with Gasteiger partial charge in [0.2, 0.25) is 0 Å². The van der Waals surface area contributed by atoms with Crippen LogP contribution in [0, 0.1) is 0 Å². The zero-order valence-corrected chi connectivity index (χ0v) is 14.1. The standard InChI is InChI=1S/C15H19ClN6O2/c1-22-7-10(16)12(21-22)15(23)17-6-9-4-5-11(24-9)14-18-13(19-20-14)8-2-3-8/h7-9,11H,2-6H2,1H3,(H,17,23)(H,18,19,20)/t9-,11+/m1/s1. The number of nitrogens with one attached hydrogen (secondary N) is 2. The van der Waals surface area contributed by atoms with E-state index < -0.39 is 0 Å². The predicted octanol–water partition coefficient (Wildman–Crippen LogP) is 1.72. The second-order valence-electron chi connectivity index (χ2n) is 6.39. The minimum Gasteiger partial charge on any atom is -0.365 e. The van der Waals surface area contributed by atoms with Crippen molar-refractivity contribution in [1.82, 2.24) is 30.3 Å². The molecule has 24 heavy (non-hydrogen) atoms. The first kappa shape index (κ1) is 15.6. The lowest BCUT2D eigenvalue weighted by Gasteiger charge is -2.12. The molecule has 1 amide bonds. The number of ether oxygens (including phenoxy) is 1. The summed E-state index contributed by atoms with van der Waals surface area (Å²) in [6, 6.07) is 0. The average Bonchev–Trinajstić information content (AvgIpc) is 2.98. The molecule has 1 aliphatic carbocycles. The van der Waals surface area contributed by atoms with Gasteiger partial charge >= 0.3 is 0 Å². The number of H-pyrrole nitrogens is 1. The van der Waals surface area contributed by atoms with Crippen LogP contribution >= 0.6 is 11.6 Å². The number of amides is 1. The highest BCUT2D eigenvalue weighted by molar-refractivity contribution is 6.33. The van der Waals surface area contributed by atoms with Crippen LogP contribution in [0.3, 0.4) is 0 Å². The molecular weight excluding hydrogens is 332 g/mol. The molecule has 9 heteroatoms. The van der Waals surface area contributed by atoms with Gasteiger partial charge in [-0.05, 0) is 25.7 Å². The maximum Gasteiger partial charge on any atom is 0.273 e. The number of carbonyl (C=O) groups excluding carboxylic acids is 1. The van der Waals surface area contributed by atoms with Crippen molar-refractivity contribution >= 4 is 17.5 Å². The predicted molar refractivity (Wildman–Crippen MR) is 85.8 cm³/mol. The highest BCUT2D eigenvalue weighted by Gasteiger charge is 2.32. The van der Waals surface area contributed by atoms with Crippen molar-refractivity contribution in [1.29, 1.82) is 0 Å². The van der Waals surface area contributed by atoms with E-state index in [-0.39, 0.29) is 23.8 Å². The highest BCUT2D eigenvalue weighted by Crippen LogP contribution is 2.39. The van der Waals surface area contributed by atoms with Gasteiger partial charge in [0.25, 0.3) is 5.91 Å². The summed E-state index contributed by atoms with van der Waals surface area (Å²) in [6.45, 7) is 0.422. The molecule has 1 saturated carbocycles. The highest BCUT2D eigenvalue weighted by atomic mass is 35.5. The van der Waals surface area contributed by atoms with E-state index in [1.54, 1.807) is 13.2 Å². The summed E-state index contributed by atoms with van der Waals surface area (Å²) in [4.78, 5) is 16.7. The Kier molecular flexibility index (Phi) is 4.01. The summed E-state index contributed by atoms with van der Waals surface area (Å²) in [7, 11) is 1.72. The normalized spacial score (nSPS) is 23.6. The van der Waals surface area contributed by atoms with E-state index in [0.717, 1.165) is 24.5 Å². The molecule has 0 bridgehead atoms. The van der Waals surface area contributed by atoms with Gasteiger partial charge in [0.05, 0.1) is 11.1 Å². The second-order valence-corrected chi connectivity index (χ2v) is 6.79. The van der Waals surface area contributed by atoms with Crippen LogP contribution in [0.25, 0.3) is 0 Å². The molecule has 8 nitrogen and oxygen atoms in total. The largest absolute Gasteiger partial charge is 0.365 e. The Morgan fingerprint density at radius 1 is 1.46 bits per heavy atom. The van der Waals surface area contributed by atoms with Gasteiger partial charge in [0, 0.05) is 25.7 Å². The van der Waals surface area contributed by atoms with E-state index in [2.05, 4.69) is 25.6 Å². The van der Waals surface area contributed by atoms with E-state index in [1.165, 1.54) is 17.5 Å². The van der Waals surface area contributed by atoms with E-state index in [9.17, 15) is 4.79 Å².